The summed E-state index contributed by atoms with van der Waals surface area (Å²) in [6.07, 6.45) is -4.56. The zero-order valence-corrected chi connectivity index (χ0v) is 15.2. The molecule has 1 aromatic heterocycles. The van der Waals surface area contributed by atoms with Crippen LogP contribution in [0.5, 0.6) is 5.75 Å². The maximum atomic E-state index is 13.9. The minimum Gasteiger partial charge on any atom is -0.477 e. The Hall–Kier alpha value is -2.97. The molecule has 0 aliphatic carbocycles. The molecule has 0 aliphatic rings. The molecule has 1 heterocycles. The van der Waals surface area contributed by atoms with Crippen LogP contribution in [0.2, 0.25) is 0 Å². The highest BCUT2D eigenvalue weighted by molar-refractivity contribution is 5.61. The van der Waals surface area contributed by atoms with Gasteiger partial charge in [-0.2, -0.15) is 13.2 Å². The summed E-state index contributed by atoms with van der Waals surface area (Å²) in [6.45, 7) is 3.11. The number of hydrogen-bond donors (Lipinski definition) is 0. The number of halogens is 5. The van der Waals surface area contributed by atoms with Crippen molar-refractivity contribution < 1.29 is 26.7 Å². The molecule has 28 heavy (non-hydrogen) atoms. The van der Waals surface area contributed by atoms with E-state index in [0.717, 1.165) is 18.2 Å². The molecule has 148 valence electrons. The Morgan fingerprint density at radius 3 is 2.29 bits per heavy atom. The zero-order chi connectivity index (χ0) is 20.7. The third-order valence-electron chi connectivity index (χ3n) is 4.15. The number of hydrogen-bond acceptors (Lipinski definition) is 3. The summed E-state index contributed by atoms with van der Waals surface area (Å²) < 4.78 is 73.9. The molecule has 9 heteroatoms. The van der Waals surface area contributed by atoms with Gasteiger partial charge >= 0.3 is 6.18 Å². The number of ether oxygens (including phenoxy) is 1. The molecule has 0 radical (unpaired) electrons. The monoisotopic (exact) mass is 397 g/mol. The second-order valence-corrected chi connectivity index (χ2v) is 6.64. The molecule has 4 nitrogen and oxygen atoms in total. The van der Waals surface area contributed by atoms with Crippen molar-refractivity contribution in [2.75, 3.05) is 0 Å². The van der Waals surface area contributed by atoms with Crippen LogP contribution in [0.4, 0.5) is 22.0 Å². The summed E-state index contributed by atoms with van der Waals surface area (Å²) in [5.41, 5.74) is -2.24. The van der Waals surface area contributed by atoms with Crippen LogP contribution in [0, 0.1) is 11.6 Å². The lowest BCUT2D eigenvalue weighted by Crippen LogP contribution is -2.29. The second kappa shape index (κ2) is 6.88. The first kappa shape index (κ1) is 19.8. The first-order chi connectivity index (χ1) is 13.0. The highest BCUT2D eigenvalue weighted by atomic mass is 19.4. The summed E-state index contributed by atoms with van der Waals surface area (Å²) in [5.74, 6) is -1.72. The van der Waals surface area contributed by atoms with Gasteiger partial charge in [0.1, 0.15) is 5.82 Å². The molecule has 0 atom stereocenters. The quantitative estimate of drug-likeness (QED) is 0.576. The fraction of sp³-hybridized carbons (Fsp3) is 0.263. The largest absolute Gasteiger partial charge is 0.477 e. The molecule has 0 aliphatic heterocycles. The first-order valence-corrected chi connectivity index (χ1v) is 8.21. The van der Waals surface area contributed by atoms with E-state index in [-0.39, 0.29) is 23.0 Å². The van der Waals surface area contributed by atoms with Gasteiger partial charge in [0.2, 0.25) is 0 Å². The van der Waals surface area contributed by atoms with E-state index in [4.69, 9.17) is 4.74 Å². The summed E-state index contributed by atoms with van der Waals surface area (Å²) in [7, 11) is 1.49. The van der Waals surface area contributed by atoms with Crippen molar-refractivity contribution in [3.05, 3.63) is 65.5 Å². The zero-order valence-electron chi connectivity index (χ0n) is 15.2. The molecule has 0 fully saturated rings. The summed E-state index contributed by atoms with van der Waals surface area (Å²) in [6, 6.07) is 7.84. The molecule has 0 spiro atoms. The van der Waals surface area contributed by atoms with Crippen molar-refractivity contribution in [3.63, 3.8) is 0 Å². The van der Waals surface area contributed by atoms with Crippen molar-refractivity contribution >= 4 is 0 Å². The molecule has 0 N–H and O–H groups in total. The van der Waals surface area contributed by atoms with Crippen LogP contribution in [-0.2, 0) is 18.8 Å². The minimum absolute atomic E-state index is 0.0146. The maximum absolute atomic E-state index is 13.9. The highest BCUT2D eigenvalue weighted by Gasteiger charge is 2.36. The van der Waals surface area contributed by atoms with Crippen molar-refractivity contribution in [2.45, 2.75) is 25.6 Å². The maximum Gasteiger partial charge on any atom is 0.417 e. The van der Waals surface area contributed by atoms with Crippen LogP contribution < -0.4 is 4.74 Å². The lowest BCUT2D eigenvalue weighted by Gasteiger charge is -2.25. The van der Waals surface area contributed by atoms with E-state index < -0.39 is 29.0 Å². The van der Waals surface area contributed by atoms with E-state index >= 15 is 0 Å². The molecule has 2 aromatic carbocycles. The normalized spacial score (nSPS) is 12.3. The van der Waals surface area contributed by atoms with Gasteiger partial charge in [0, 0.05) is 18.7 Å². The number of aromatic nitrogens is 3. The van der Waals surface area contributed by atoms with Gasteiger partial charge in [-0.1, -0.05) is 18.2 Å². The highest BCUT2D eigenvalue weighted by Crippen LogP contribution is 2.37. The van der Waals surface area contributed by atoms with E-state index in [0.29, 0.717) is 6.07 Å². The Morgan fingerprint density at radius 2 is 1.64 bits per heavy atom. The van der Waals surface area contributed by atoms with E-state index in [1.54, 1.807) is 13.8 Å². The predicted octanol–water partition coefficient (Wildman–Crippen LogP) is 5.09. The van der Waals surface area contributed by atoms with Gasteiger partial charge in [0.15, 0.2) is 28.8 Å². The van der Waals surface area contributed by atoms with Crippen LogP contribution in [0.25, 0.3) is 11.4 Å². The van der Waals surface area contributed by atoms with Crippen LogP contribution in [0.3, 0.4) is 0 Å². The van der Waals surface area contributed by atoms with Gasteiger partial charge in [-0.15, -0.1) is 10.2 Å². The Morgan fingerprint density at radius 1 is 0.964 bits per heavy atom. The van der Waals surface area contributed by atoms with Gasteiger partial charge in [-0.3, -0.25) is 0 Å². The lowest BCUT2D eigenvalue weighted by atomic mass is 10.1. The van der Waals surface area contributed by atoms with E-state index in [1.807, 2.05) is 0 Å². The number of alkyl halides is 3. The van der Waals surface area contributed by atoms with Gasteiger partial charge < -0.3 is 9.30 Å². The van der Waals surface area contributed by atoms with Crippen LogP contribution >= 0.6 is 0 Å². The van der Waals surface area contributed by atoms with Gasteiger partial charge in [-0.05, 0) is 32.0 Å². The molecule has 0 amide bonds. The first-order valence-electron chi connectivity index (χ1n) is 8.21. The second-order valence-electron chi connectivity index (χ2n) is 6.64. The molecular weight excluding hydrogens is 381 g/mol. The molecule has 3 aromatic rings. The molecule has 0 saturated heterocycles. The average molecular weight is 397 g/mol. The summed E-state index contributed by atoms with van der Waals surface area (Å²) in [4.78, 5) is 0. The molecule has 0 bridgehead atoms. The minimum atomic E-state index is -4.56. The number of rotatable bonds is 4. The van der Waals surface area contributed by atoms with E-state index in [9.17, 15) is 22.0 Å². The van der Waals surface area contributed by atoms with E-state index in [2.05, 4.69) is 10.2 Å². The van der Waals surface area contributed by atoms with Crippen molar-refractivity contribution in [3.8, 4) is 17.1 Å². The van der Waals surface area contributed by atoms with Gasteiger partial charge in [0.05, 0.1) is 5.56 Å². The van der Waals surface area contributed by atoms with E-state index in [1.165, 1.54) is 29.8 Å². The fourth-order valence-electron chi connectivity index (χ4n) is 2.89. The molecule has 0 unspecified atom stereocenters. The number of nitrogens with zero attached hydrogens (tertiary/aromatic N) is 3. The number of benzene rings is 2. The molecule has 0 saturated carbocycles. The van der Waals surface area contributed by atoms with Crippen molar-refractivity contribution in [1.29, 1.82) is 0 Å². The summed E-state index contributed by atoms with van der Waals surface area (Å²) in [5, 5.41) is 7.84. The van der Waals surface area contributed by atoms with Crippen LogP contribution in [0.1, 0.15) is 25.2 Å². The van der Waals surface area contributed by atoms with Crippen LogP contribution in [0.15, 0.2) is 42.5 Å². The molecular formula is C19H16F5N3O. The Labute approximate surface area is 157 Å². The van der Waals surface area contributed by atoms with Crippen molar-refractivity contribution in [2.24, 2.45) is 7.05 Å². The smallest absolute Gasteiger partial charge is 0.417 e. The Balaban J connectivity index is 2.01. The summed E-state index contributed by atoms with van der Waals surface area (Å²) >= 11 is 0. The predicted molar refractivity (Wildman–Crippen MR) is 91.5 cm³/mol. The van der Waals surface area contributed by atoms with Crippen LogP contribution in [-0.4, -0.2) is 14.8 Å². The average Bonchev–Trinajstić information content (AvgIpc) is 2.99. The topological polar surface area (TPSA) is 39.9 Å². The Bertz CT molecular complexity index is 1010. The molecule has 3 rings (SSSR count). The fourth-order valence-corrected chi connectivity index (χ4v) is 2.89. The van der Waals surface area contributed by atoms with Gasteiger partial charge in [-0.25, -0.2) is 8.78 Å². The third-order valence-corrected chi connectivity index (χ3v) is 4.15. The Kier molecular flexibility index (Phi) is 4.86. The lowest BCUT2D eigenvalue weighted by molar-refractivity contribution is -0.137. The third kappa shape index (κ3) is 3.69. The SMILES string of the molecule is Cn1c(-c2ccccc2C(F)(F)F)nnc1C(C)(C)Oc1ccc(F)cc1F. The standard InChI is InChI=1S/C19H16F5N3O/c1-18(2,28-15-9-8-11(20)10-14(15)21)17-26-25-16(27(17)3)12-6-4-5-7-13(12)19(22,23)24/h4-10H,1-3H3. The van der Waals surface area contributed by atoms with Gasteiger partial charge in [0.25, 0.3) is 0 Å². The van der Waals surface area contributed by atoms with Crippen molar-refractivity contribution in [1.82, 2.24) is 14.8 Å².